The average Bonchev–Trinajstić information content (AvgIpc) is 2.16. The fourth-order valence-electron chi connectivity index (χ4n) is 1.14. The minimum absolute atomic E-state index is 0.0246. The highest BCUT2D eigenvalue weighted by Gasteiger charge is 2.18. The summed E-state index contributed by atoms with van der Waals surface area (Å²) >= 11 is 0. The lowest BCUT2D eigenvalue weighted by Crippen LogP contribution is -2.14. The Hall–Kier alpha value is -0.330. The molecule has 0 aliphatic heterocycles. The molecule has 0 aromatic heterocycles. The zero-order valence-electron chi connectivity index (χ0n) is 10.3. The molecule has 0 aromatic rings. The molecule has 0 bridgehead atoms. The molecule has 0 aromatic carbocycles. The standard InChI is InChI=1S/C9H16O/c1-2-8-3-5-9(7-10)6-4-8/h7-9H,2-6H2,1H3/t8-,9-/i3D,5D2,9D/t3?,8-,9-/m1/s1. The van der Waals surface area contributed by atoms with Crippen LogP contribution in [0.5, 0.6) is 0 Å². The second-order valence-corrected chi connectivity index (χ2v) is 2.66. The van der Waals surface area contributed by atoms with Crippen LogP contribution in [-0.4, -0.2) is 6.29 Å². The van der Waals surface area contributed by atoms with Crippen molar-refractivity contribution in [1.82, 2.24) is 0 Å². The second kappa shape index (κ2) is 3.75. The molecule has 0 N–H and O–H groups in total. The molecule has 0 radical (unpaired) electrons. The topological polar surface area (TPSA) is 17.1 Å². The van der Waals surface area contributed by atoms with Crippen LogP contribution in [-0.2, 0) is 4.79 Å². The molecule has 1 aliphatic carbocycles. The number of carbonyl (C=O) groups excluding carboxylic acids is 1. The Morgan fingerprint density at radius 3 is 3.20 bits per heavy atom. The van der Waals surface area contributed by atoms with Gasteiger partial charge in [-0.3, -0.25) is 0 Å². The van der Waals surface area contributed by atoms with Crippen molar-refractivity contribution in [3.63, 3.8) is 0 Å². The van der Waals surface area contributed by atoms with Gasteiger partial charge in [0.05, 0.1) is 0 Å². The first-order valence-corrected chi connectivity index (χ1v) is 3.77. The van der Waals surface area contributed by atoms with E-state index in [1.807, 2.05) is 6.92 Å². The summed E-state index contributed by atoms with van der Waals surface area (Å²) in [5, 5.41) is 0. The molecule has 1 nitrogen and oxygen atoms in total. The van der Waals surface area contributed by atoms with Gasteiger partial charge in [-0.1, -0.05) is 13.3 Å². The van der Waals surface area contributed by atoms with Gasteiger partial charge in [-0.25, -0.2) is 0 Å². The van der Waals surface area contributed by atoms with Crippen LogP contribution in [0.25, 0.3) is 0 Å². The molecule has 1 heteroatoms. The quantitative estimate of drug-likeness (QED) is 0.544. The van der Waals surface area contributed by atoms with Crippen LogP contribution in [0.1, 0.15) is 44.4 Å². The van der Waals surface area contributed by atoms with E-state index >= 15 is 0 Å². The fraction of sp³-hybridized carbons (Fsp3) is 0.889. The molecular formula is C9H16O. The van der Waals surface area contributed by atoms with E-state index in [1.165, 1.54) is 0 Å². The van der Waals surface area contributed by atoms with Crippen molar-refractivity contribution in [3.8, 4) is 0 Å². The Balaban J connectivity index is 2.95. The van der Waals surface area contributed by atoms with Gasteiger partial charge in [0.25, 0.3) is 0 Å². The third-order valence-electron chi connectivity index (χ3n) is 1.96. The van der Waals surface area contributed by atoms with Crippen molar-refractivity contribution in [2.24, 2.45) is 11.8 Å². The van der Waals surface area contributed by atoms with Crippen molar-refractivity contribution in [1.29, 1.82) is 0 Å². The Bertz CT molecular complexity index is 231. The molecule has 1 saturated carbocycles. The first-order valence-electron chi connectivity index (χ1n) is 5.85. The third-order valence-corrected chi connectivity index (χ3v) is 1.96. The largest absolute Gasteiger partial charge is 0.303 e. The minimum Gasteiger partial charge on any atom is -0.303 e. The Morgan fingerprint density at radius 2 is 2.60 bits per heavy atom. The first kappa shape index (κ1) is 3.89. The van der Waals surface area contributed by atoms with E-state index < -0.39 is 18.7 Å². The van der Waals surface area contributed by atoms with Gasteiger partial charge in [0.15, 0.2) is 0 Å². The molecular weight excluding hydrogens is 124 g/mol. The highest BCUT2D eigenvalue weighted by Crippen LogP contribution is 2.29. The minimum atomic E-state index is -2.02. The van der Waals surface area contributed by atoms with Gasteiger partial charge < -0.3 is 4.79 Å². The third kappa shape index (κ3) is 1.83. The normalized spacial score (nSPS) is 59.3. The van der Waals surface area contributed by atoms with Crippen molar-refractivity contribution < 1.29 is 10.3 Å². The highest BCUT2D eigenvalue weighted by atomic mass is 16.1. The van der Waals surface area contributed by atoms with Gasteiger partial charge in [0.2, 0.25) is 0 Å². The fourth-order valence-corrected chi connectivity index (χ4v) is 1.14. The molecule has 1 fully saturated rings. The highest BCUT2D eigenvalue weighted by molar-refractivity contribution is 5.53. The summed E-state index contributed by atoms with van der Waals surface area (Å²) in [7, 11) is 0. The van der Waals surface area contributed by atoms with E-state index in [0.717, 1.165) is 6.42 Å². The molecule has 3 atom stereocenters. The lowest BCUT2D eigenvalue weighted by molar-refractivity contribution is -0.112. The summed E-state index contributed by atoms with van der Waals surface area (Å²) in [4.78, 5) is 10.7. The predicted molar refractivity (Wildman–Crippen MR) is 41.8 cm³/mol. The smallest absolute Gasteiger partial charge is 0.123 e. The molecule has 0 saturated heterocycles. The second-order valence-electron chi connectivity index (χ2n) is 2.66. The van der Waals surface area contributed by atoms with Crippen LogP contribution in [0.15, 0.2) is 0 Å². The molecule has 10 heavy (non-hydrogen) atoms. The van der Waals surface area contributed by atoms with Crippen LogP contribution < -0.4 is 0 Å². The molecule has 1 aliphatic rings. The van der Waals surface area contributed by atoms with Gasteiger partial charge >= 0.3 is 0 Å². The van der Waals surface area contributed by atoms with Gasteiger partial charge in [0, 0.05) is 11.4 Å². The van der Waals surface area contributed by atoms with Crippen LogP contribution in [0.4, 0.5) is 0 Å². The molecule has 1 rings (SSSR count). The Labute approximate surface area is 68.4 Å². The van der Waals surface area contributed by atoms with Gasteiger partial charge in [-0.05, 0) is 31.5 Å². The monoisotopic (exact) mass is 144 g/mol. The van der Waals surface area contributed by atoms with E-state index in [2.05, 4.69) is 0 Å². The Morgan fingerprint density at radius 1 is 1.80 bits per heavy atom. The van der Waals surface area contributed by atoms with Crippen LogP contribution in [0.2, 0.25) is 0 Å². The van der Waals surface area contributed by atoms with E-state index in [-0.39, 0.29) is 12.3 Å². The molecule has 1 unspecified atom stereocenters. The van der Waals surface area contributed by atoms with Crippen molar-refractivity contribution in [2.45, 2.75) is 39.0 Å². The van der Waals surface area contributed by atoms with Crippen LogP contribution in [0, 0.1) is 11.8 Å². The molecule has 0 spiro atoms. The summed E-state index contributed by atoms with van der Waals surface area (Å²) in [5.74, 6) is -1.74. The van der Waals surface area contributed by atoms with Gasteiger partial charge in [-0.2, -0.15) is 0 Å². The summed E-state index contributed by atoms with van der Waals surface area (Å²) < 4.78 is 30.8. The summed E-state index contributed by atoms with van der Waals surface area (Å²) in [5.41, 5.74) is 0. The number of carbonyl (C=O) groups is 1. The predicted octanol–water partition coefficient (Wildman–Crippen LogP) is 2.40. The van der Waals surface area contributed by atoms with Crippen LogP contribution >= 0.6 is 0 Å². The summed E-state index contributed by atoms with van der Waals surface area (Å²) in [6.07, 6.45) is -1.04. The van der Waals surface area contributed by atoms with Gasteiger partial charge in [0.1, 0.15) is 6.29 Å². The van der Waals surface area contributed by atoms with E-state index in [4.69, 9.17) is 5.48 Å². The van der Waals surface area contributed by atoms with Crippen molar-refractivity contribution in [3.05, 3.63) is 0 Å². The van der Waals surface area contributed by atoms with E-state index in [1.54, 1.807) is 0 Å². The summed E-state index contributed by atoms with van der Waals surface area (Å²) in [6, 6.07) is 0. The zero-order chi connectivity index (χ0) is 11.0. The first-order chi connectivity index (χ1) is 6.39. The maximum atomic E-state index is 10.7. The average molecular weight is 144 g/mol. The lowest BCUT2D eigenvalue weighted by atomic mass is 9.82. The van der Waals surface area contributed by atoms with E-state index in [9.17, 15) is 4.79 Å². The molecule has 0 amide bonds. The number of aldehydes is 1. The van der Waals surface area contributed by atoms with Gasteiger partial charge in [-0.15, -0.1) is 0 Å². The number of hydrogen-bond donors (Lipinski definition) is 0. The van der Waals surface area contributed by atoms with Crippen molar-refractivity contribution >= 4 is 6.29 Å². The van der Waals surface area contributed by atoms with Crippen molar-refractivity contribution in [2.75, 3.05) is 0 Å². The summed E-state index contributed by atoms with van der Waals surface area (Å²) in [6.45, 7) is 1.92. The SMILES string of the molecule is [2H]C1[C@@H](CC)CC[C@]([2H])(C=O)C1([2H])[2H]. The van der Waals surface area contributed by atoms with Crippen LogP contribution in [0.3, 0.4) is 0 Å². The van der Waals surface area contributed by atoms with E-state index in [0.29, 0.717) is 12.7 Å². The Kier molecular flexibility index (Phi) is 1.46. The number of rotatable bonds is 2. The maximum absolute atomic E-state index is 10.7. The lowest BCUT2D eigenvalue weighted by Gasteiger charge is -2.23. The molecule has 58 valence electrons. The maximum Gasteiger partial charge on any atom is 0.123 e. The zero-order valence-corrected chi connectivity index (χ0v) is 6.26. The number of hydrogen-bond acceptors (Lipinski definition) is 1. The molecule has 0 heterocycles.